The fraction of sp³-hybridized carbons (Fsp3) is 0.316. The smallest absolute Gasteiger partial charge is 0.329 e. The number of hydrogen-bond acceptors (Lipinski definition) is 8. The molecular formula is C19H18ClNO8S. The minimum Gasteiger partial charge on any atom is -0.468 e. The van der Waals surface area contributed by atoms with Gasteiger partial charge in [-0.1, -0.05) is 23.7 Å². The van der Waals surface area contributed by atoms with Crippen LogP contribution < -0.4 is 0 Å². The molecule has 1 aromatic heterocycles. The van der Waals surface area contributed by atoms with E-state index >= 15 is 0 Å². The Labute approximate surface area is 177 Å². The van der Waals surface area contributed by atoms with Gasteiger partial charge in [0.05, 0.1) is 37.7 Å². The van der Waals surface area contributed by atoms with Crippen molar-refractivity contribution >= 4 is 39.4 Å². The molecule has 0 bridgehead atoms. The van der Waals surface area contributed by atoms with Crippen LogP contribution in [0.15, 0.2) is 35.2 Å². The van der Waals surface area contributed by atoms with E-state index in [4.69, 9.17) is 21.1 Å². The molecule has 2 heterocycles. The first-order valence-corrected chi connectivity index (χ1v) is 10.4. The zero-order valence-electron chi connectivity index (χ0n) is 16.3. The number of halogens is 1. The molecular weight excluding hydrogens is 438 g/mol. The van der Waals surface area contributed by atoms with Crippen LogP contribution in [0.1, 0.15) is 28.2 Å². The first-order chi connectivity index (χ1) is 14.2. The first-order valence-electron chi connectivity index (χ1n) is 8.66. The van der Waals surface area contributed by atoms with Crippen LogP contribution in [0.2, 0.25) is 5.02 Å². The van der Waals surface area contributed by atoms with Crippen molar-refractivity contribution in [2.75, 3.05) is 21.3 Å². The second kappa shape index (κ2) is 7.86. The summed E-state index contributed by atoms with van der Waals surface area (Å²) in [6, 6.07) is 6.83. The van der Waals surface area contributed by atoms with Crippen molar-refractivity contribution in [3.8, 4) is 0 Å². The molecule has 0 saturated heterocycles. The largest absolute Gasteiger partial charge is 0.468 e. The highest BCUT2D eigenvalue weighted by Gasteiger charge is 2.57. The van der Waals surface area contributed by atoms with E-state index in [1.54, 1.807) is 0 Å². The number of esters is 2. The number of ketones is 1. The lowest BCUT2D eigenvalue weighted by Gasteiger charge is -2.23. The van der Waals surface area contributed by atoms with E-state index in [1.165, 1.54) is 34.9 Å². The number of fused-ring (bicyclic) bond motifs is 1. The Bertz CT molecular complexity index is 1140. The number of nitrogens with zero attached hydrogens (tertiary/aromatic N) is 1. The highest BCUT2D eigenvalue weighted by molar-refractivity contribution is 7.86. The monoisotopic (exact) mass is 455 g/mol. The van der Waals surface area contributed by atoms with Gasteiger partial charge < -0.3 is 14.0 Å². The van der Waals surface area contributed by atoms with Crippen LogP contribution in [0, 0.1) is 0 Å². The number of carbonyl (C=O) groups excluding carboxylic acids is 3. The Kier molecular flexibility index (Phi) is 5.76. The summed E-state index contributed by atoms with van der Waals surface area (Å²) >= 11 is 6.33. The van der Waals surface area contributed by atoms with Crippen molar-refractivity contribution in [3.63, 3.8) is 0 Å². The number of hydrogen-bond donors (Lipinski definition) is 0. The molecule has 1 aliphatic heterocycles. The van der Waals surface area contributed by atoms with Crippen molar-refractivity contribution in [2.45, 2.75) is 23.3 Å². The highest BCUT2D eigenvalue weighted by atomic mass is 35.5. The maximum Gasteiger partial charge on any atom is 0.329 e. The number of methoxy groups -OCH3 is 2. The van der Waals surface area contributed by atoms with Crippen molar-refractivity contribution in [1.29, 1.82) is 0 Å². The standard InChI is InChI=1S/C19H18ClNO8S/c1-27-17(23)19(18(24)28-2)8-9-21-13(10-12(20)16(19)21)15(22)11-6-4-5-7-14(11)30(25,26)29-3/h4-7,10H,8-9H2,1-3H3. The molecule has 0 radical (unpaired) electrons. The van der Waals surface area contributed by atoms with Crippen LogP contribution in [0.3, 0.4) is 0 Å². The lowest BCUT2D eigenvalue weighted by Crippen LogP contribution is -2.44. The van der Waals surface area contributed by atoms with Crippen molar-refractivity contribution in [1.82, 2.24) is 4.57 Å². The Morgan fingerprint density at radius 2 is 1.67 bits per heavy atom. The number of rotatable bonds is 6. The van der Waals surface area contributed by atoms with Gasteiger partial charge in [0, 0.05) is 12.1 Å². The second-order valence-corrected chi connectivity index (χ2v) is 8.55. The SMILES string of the molecule is COC(=O)C1(C(=O)OC)CCn2c(C(=O)c3ccccc3S(=O)(=O)OC)cc(Cl)c21. The van der Waals surface area contributed by atoms with Gasteiger partial charge in [-0.2, -0.15) is 8.42 Å². The normalized spacial score (nSPS) is 14.8. The molecule has 0 atom stereocenters. The summed E-state index contributed by atoms with van der Waals surface area (Å²) in [6.07, 6.45) is -0.0272. The van der Waals surface area contributed by atoms with Gasteiger partial charge >= 0.3 is 11.9 Å². The number of ether oxygens (including phenoxy) is 2. The Morgan fingerprint density at radius 3 is 2.23 bits per heavy atom. The lowest BCUT2D eigenvalue weighted by atomic mass is 9.83. The summed E-state index contributed by atoms with van der Waals surface area (Å²) in [5.74, 6) is -2.39. The van der Waals surface area contributed by atoms with Crippen LogP contribution in [0.25, 0.3) is 0 Å². The van der Waals surface area contributed by atoms with Crippen molar-refractivity contribution in [2.24, 2.45) is 0 Å². The van der Waals surface area contributed by atoms with Crippen LogP contribution in [0.4, 0.5) is 0 Å². The quantitative estimate of drug-likeness (QED) is 0.279. The van der Waals surface area contributed by atoms with E-state index in [9.17, 15) is 22.8 Å². The van der Waals surface area contributed by atoms with Gasteiger partial charge in [-0.15, -0.1) is 0 Å². The van der Waals surface area contributed by atoms with Crippen LogP contribution in [-0.2, 0) is 45.3 Å². The molecule has 0 spiro atoms. The molecule has 30 heavy (non-hydrogen) atoms. The molecule has 11 heteroatoms. The van der Waals surface area contributed by atoms with Gasteiger partial charge in [-0.05, 0) is 24.6 Å². The second-order valence-electron chi connectivity index (χ2n) is 6.46. The van der Waals surface area contributed by atoms with E-state index in [0.717, 1.165) is 21.3 Å². The molecule has 0 amide bonds. The predicted molar refractivity (Wildman–Crippen MR) is 104 cm³/mol. The van der Waals surface area contributed by atoms with Crippen LogP contribution in [-0.4, -0.2) is 52.0 Å². The predicted octanol–water partition coefficient (Wildman–Crippen LogP) is 1.70. The topological polar surface area (TPSA) is 118 Å². The molecule has 9 nitrogen and oxygen atoms in total. The summed E-state index contributed by atoms with van der Waals surface area (Å²) in [5.41, 5.74) is -1.87. The van der Waals surface area contributed by atoms with Gasteiger partial charge in [0.2, 0.25) is 11.2 Å². The van der Waals surface area contributed by atoms with E-state index in [-0.39, 0.29) is 39.8 Å². The maximum atomic E-state index is 13.3. The molecule has 0 aliphatic carbocycles. The molecule has 160 valence electrons. The van der Waals surface area contributed by atoms with Crippen LogP contribution >= 0.6 is 11.6 Å². The average Bonchev–Trinajstić information content (AvgIpc) is 3.31. The molecule has 3 rings (SSSR count). The molecule has 0 unspecified atom stereocenters. The van der Waals surface area contributed by atoms with E-state index in [2.05, 4.69) is 4.18 Å². The summed E-state index contributed by atoms with van der Waals surface area (Å²) in [4.78, 5) is 38.0. The Hall–Kier alpha value is -2.69. The number of carbonyl (C=O) groups is 3. The zero-order chi connectivity index (χ0) is 22.3. The van der Waals surface area contributed by atoms with E-state index in [1.807, 2.05) is 0 Å². The van der Waals surface area contributed by atoms with Gasteiger partial charge in [0.25, 0.3) is 10.1 Å². The third-order valence-electron chi connectivity index (χ3n) is 5.09. The fourth-order valence-corrected chi connectivity index (χ4v) is 4.92. The molecule has 1 aromatic carbocycles. The molecule has 1 aliphatic rings. The third kappa shape index (κ3) is 3.11. The molecule has 0 fully saturated rings. The van der Waals surface area contributed by atoms with Gasteiger partial charge in [0.1, 0.15) is 4.90 Å². The molecule has 2 aromatic rings. The first kappa shape index (κ1) is 22.0. The maximum absolute atomic E-state index is 13.3. The highest BCUT2D eigenvalue weighted by Crippen LogP contribution is 2.44. The fourth-order valence-electron chi connectivity index (χ4n) is 3.70. The lowest BCUT2D eigenvalue weighted by molar-refractivity contribution is -0.162. The summed E-state index contributed by atoms with van der Waals surface area (Å²) < 4.78 is 40.0. The van der Waals surface area contributed by atoms with E-state index in [0.29, 0.717) is 0 Å². The van der Waals surface area contributed by atoms with Crippen LogP contribution in [0.5, 0.6) is 0 Å². The Morgan fingerprint density at radius 1 is 1.07 bits per heavy atom. The van der Waals surface area contributed by atoms with Gasteiger partial charge in [0.15, 0.2) is 0 Å². The minimum absolute atomic E-state index is 0.0151. The summed E-state index contributed by atoms with van der Waals surface area (Å²) in [6.45, 7) is 0.0898. The molecule has 0 saturated carbocycles. The summed E-state index contributed by atoms with van der Waals surface area (Å²) in [5, 5.41) is -0.0151. The van der Waals surface area contributed by atoms with Crippen molar-refractivity contribution < 1.29 is 36.5 Å². The van der Waals surface area contributed by atoms with Gasteiger partial charge in [-0.3, -0.25) is 18.6 Å². The molecule has 0 N–H and O–H groups in total. The number of benzene rings is 1. The third-order valence-corrected chi connectivity index (χ3v) is 6.71. The van der Waals surface area contributed by atoms with Crippen molar-refractivity contribution in [3.05, 3.63) is 52.3 Å². The minimum atomic E-state index is -4.16. The average molecular weight is 456 g/mol. The zero-order valence-corrected chi connectivity index (χ0v) is 17.9. The summed E-state index contributed by atoms with van der Waals surface area (Å²) in [7, 11) is -0.910. The Balaban J connectivity index is 2.21. The van der Waals surface area contributed by atoms with Gasteiger partial charge in [-0.25, -0.2) is 0 Å². The number of aromatic nitrogens is 1. The van der Waals surface area contributed by atoms with E-state index < -0.39 is 33.3 Å².